The van der Waals surface area contributed by atoms with E-state index in [2.05, 4.69) is 4.98 Å². The van der Waals surface area contributed by atoms with Gasteiger partial charge < -0.3 is 10.5 Å². The van der Waals surface area contributed by atoms with E-state index in [1.54, 1.807) is 12.4 Å². The molecule has 0 radical (unpaired) electrons. The molecular formula is C13H20N2O2S. The molecule has 0 saturated heterocycles. The number of hydrogen-bond acceptors (Lipinski definition) is 5. The highest BCUT2D eigenvalue weighted by Crippen LogP contribution is 2.27. The Balaban J connectivity index is 2.48. The van der Waals surface area contributed by atoms with Crippen LogP contribution in [0.1, 0.15) is 31.6 Å². The summed E-state index contributed by atoms with van der Waals surface area (Å²) in [5.41, 5.74) is 6.37. The summed E-state index contributed by atoms with van der Waals surface area (Å²) in [7, 11) is 0. The molecule has 2 N–H and O–H groups in total. The Hall–Kier alpha value is -1.07. The lowest BCUT2D eigenvalue weighted by Crippen LogP contribution is -2.25. The van der Waals surface area contributed by atoms with Gasteiger partial charge >= 0.3 is 5.97 Å². The molecule has 1 aromatic heterocycles. The maximum absolute atomic E-state index is 11.6. The van der Waals surface area contributed by atoms with Crippen molar-refractivity contribution in [2.24, 2.45) is 5.73 Å². The molecule has 0 aliphatic heterocycles. The van der Waals surface area contributed by atoms with Gasteiger partial charge in [0.15, 0.2) is 0 Å². The van der Waals surface area contributed by atoms with Gasteiger partial charge in [0.1, 0.15) is 5.60 Å². The lowest BCUT2D eigenvalue weighted by Gasteiger charge is -2.20. The molecule has 0 amide bonds. The van der Waals surface area contributed by atoms with Crippen molar-refractivity contribution in [1.82, 2.24) is 4.98 Å². The van der Waals surface area contributed by atoms with Gasteiger partial charge in [0.2, 0.25) is 0 Å². The molecular weight excluding hydrogens is 248 g/mol. The van der Waals surface area contributed by atoms with Gasteiger partial charge in [0.25, 0.3) is 0 Å². The van der Waals surface area contributed by atoms with E-state index in [-0.39, 0.29) is 11.2 Å². The van der Waals surface area contributed by atoms with E-state index in [1.165, 1.54) is 11.8 Å². The molecule has 0 saturated carbocycles. The van der Waals surface area contributed by atoms with Gasteiger partial charge in [-0.1, -0.05) is 0 Å². The van der Waals surface area contributed by atoms with Crippen LogP contribution in [0.3, 0.4) is 0 Å². The molecule has 4 nitrogen and oxygen atoms in total. The summed E-state index contributed by atoms with van der Waals surface area (Å²) in [6.07, 6.45) is 3.46. The molecule has 0 aliphatic rings. The minimum atomic E-state index is -0.438. The zero-order valence-electron chi connectivity index (χ0n) is 11.1. The average Bonchev–Trinajstić information content (AvgIpc) is 2.29. The summed E-state index contributed by atoms with van der Waals surface area (Å²) in [5.74, 6) is 0.0987. The van der Waals surface area contributed by atoms with Crippen molar-refractivity contribution in [2.75, 3.05) is 12.3 Å². The van der Waals surface area contributed by atoms with Crippen LogP contribution in [-0.4, -0.2) is 28.9 Å². The molecule has 0 fully saturated rings. The van der Waals surface area contributed by atoms with E-state index in [4.69, 9.17) is 10.5 Å². The van der Waals surface area contributed by atoms with Crippen LogP contribution in [0.5, 0.6) is 0 Å². The molecule has 1 unspecified atom stereocenters. The monoisotopic (exact) mass is 268 g/mol. The van der Waals surface area contributed by atoms with Crippen LogP contribution in [0.25, 0.3) is 0 Å². The summed E-state index contributed by atoms with van der Waals surface area (Å²) >= 11 is 1.50. The van der Waals surface area contributed by atoms with Crippen molar-refractivity contribution < 1.29 is 9.53 Å². The van der Waals surface area contributed by atoms with Crippen molar-refractivity contribution in [1.29, 1.82) is 0 Å². The van der Waals surface area contributed by atoms with Crippen molar-refractivity contribution in [3.63, 3.8) is 0 Å². The maximum atomic E-state index is 11.6. The fourth-order valence-electron chi connectivity index (χ4n) is 1.42. The number of nitrogens with two attached hydrogens (primary N) is 1. The van der Waals surface area contributed by atoms with Gasteiger partial charge in [-0.15, -0.1) is 11.8 Å². The number of nitrogens with zero attached hydrogens (tertiary/aromatic N) is 1. The number of hydrogen-bond donors (Lipinski definition) is 1. The molecule has 18 heavy (non-hydrogen) atoms. The Morgan fingerprint density at radius 2 is 2.06 bits per heavy atom. The van der Waals surface area contributed by atoms with Gasteiger partial charge in [-0.3, -0.25) is 9.78 Å². The third-order valence-corrected chi connectivity index (χ3v) is 3.38. The van der Waals surface area contributed by atoms with Gasteiger partial charge in [-0.05, 0) is 38.5 Å². The first-order valence-electron chi connectivity index (χ1n) is 5.86. The fourth-order valence-corrected chi connectivity index (χ4v) is 2.30. The fraction of sp³-hybridized carbons (Fsp3) is 0.538. The highest BCUT2D eigenvalue weighted by atomic mass is 32.2. The van der Waals surface area contributed by atoms with Gasteiger partial charge in [-0.2, -0.15) is 0 Å². The number of aromatic nitrogens is 1. The van der Waals surface area contributed by atoms with Gasteiger partial charge in [-0.25, -0.2) is 0 Å². The highest BCUT2D eigenvalue weighted by Gasteiger charge is 2.18. The quantitative estimate of drug-likeness (QED) is 0.829. The lowest BCUT2D eigenvalue weighted by atomic mass is 10.2. The average molecular weight is 268 g/mol. The van der Waals surface area contributed by atoms with E-state index in [0.29, 0.717) is 12.3 Å². The number of esters is 1. The third kappa shape index (κ3) is 5.51. The van der Waals surface area contributed by atoms with Crippen molar-refractivity contribution in [3.8, 4) is 0 Å². The van der Waals surface area contributed by atoms with Crippen LogP contribution in [0.4, 0.5) is 0 Å². The maximum Gasteiger partial charge on any atom is 0.316 e. The minimum Gasteiger partial charge on any atom is -0.459 e. The van der Waals surface area contributed by atoms with E-state index in [9.17, 15) is 4.79 Å². The zero-order valence-corrected chi connectivity index (χ0v) is 11.9. The Bertz CT molecular complexity index is 376. The summed E-state index contributed by atoms with van der Waals surface area (Å²) in [4.78, 5) is 15.6. The minimum absolute atomic E-state index is 0.0977. The number of ether oxygens (including phenoxy) is 1. The summed E-state index contributed by atoms with van der Waals surface area (Å²) in [6.45, 7) is 6.06. The molecule has 0 aliphatic carbocycles. The summed E-state index contributed by atoms with van der Waals surface area (Å²) < 4.78 is 5.26. The predicted octanol–water partition coefficient (Wildman–Crippen LogP) is 2.16. The molecule has 0 spiro atoms. The normalized spacial score (nSPS) is 13.1. The Labute approximate surface area is 112 Å². The molecule has 0 bridgehead atoms. The zero-order chi connectivity index (χ0) is 13.6. The van der Waals surface area contributed by atoms with E-state index in [1.807, 2.05) is 32.9 Å². The van der Waals surface area contributed by atoms with Crippen molar-refractivity contribution in [2.45, 2.75) is 31.6 Å². The first-order chi connectivity index (χ1) is 8.42. The topological polar surface area (TPSA) is 65.2 Å². The van der Waals surface area contributed by atoms with Gasteiger partial charge in [0.05, 0.1) is 5.75 Å². The Morgan fingerprint density at radius 1 is 1.44 bits per heavy atom. The van der Waals surface area contributed by atoms with Crippen LogP contribution >= 0.6 is 11.8 Å². The molecule has 1 rings (SSSR count). The van der Waals surface area contributed by atoms with E-state index < -0.39 is 5.60 Å². The second kappa shape index (κ2) is 6.75. The number of carbonyl (C=O) groups is 1. The number of carbonyl (C=O) groups excluding carboxylic acids is 1. The van der Waals surface area contributed by atoms with Crippen LogP contribution in [0.2, 0.25) is 0 Å². The van der Waals surface area contributed by atoms with Gasteiger partial charge in [0, 0.05) is 24.2 Å². The SMILES string of the molecule is CC(C)(C)OC(=O)CSC(CN)c1ccncc1. The van der Waals surface area contributed by atoms with Crippen LogP contribution in [-0.2, 0) is 9.53 Å². The van der Waals surface area contributed by atoms with Crippen LogP contribution < -0.4 is 5.73 Å². The first-order valence-corrected chi connectivity index (χ1v) is 6.90. The largest absolute Gasteiger partial charge is 0.459 e. The summed E-state index contributed by atoms with van der Waals surface area (Å²) in [5, 5.41) is 0.0977. The second-order valence-electron chi connectivity index (χ2n) is 4.90. The van der Waals surface area contributed by atoms with E-state index >= 15 is 0 Å². The predicted molar refractivity (Wildman–Crippen MR) is 74.3 cm³/mol. The highest BCUT2D eigenvalue weighted by molar-refractivity contribution is 8.00. The van der Waals surface area contributed by atoms with Crippen LogP contribution in [0, 0.1) is 0 Å². The molecule has 1 heterocycles. The summed E-state index contributed by atoms with van der Waals surface area (Å²) in [6, 6.07) is 3.83. The molecule has 100 valence electrons. The Kier molecular flexibility index (Phi) is 5.62. The standard InChI is InChI=1S/C13H20N2O2S/c1-13(2,3)17-12(16)9-18-11(8-14)10-4-6-15-7-5-10/h4-7,11H,8-9,14H2,1-3H3. The lowest BCUT2D eigenvalue weighted by molar-refractivity contribution is -0.151. The van der Waals surface area contributed by atoms with Crippen LogP contribution in [0.15, 0.2) is 24.5 Å². The first kappa shape index (κ1) is 15.0. The van der Waals surface area contributed by atoms with E-state index in [0.717, 1.165) is 5.56 Å². The Morgan fingerprint density at radius 3 is 2.56 bits per heavy atom. The van der Waals surface area contributed by atoms with Crippen molar-refractivity contribution >= 4 is 17.7 Å². The molecule has 1 aromatic rings. The molecule has 1 atom stereocenters. The second-order valence-corrected chi connectivity index (χ2v) is 6.09. The smallest absolute Gasteiger partial charge is 0.316 e. The third-order valence-electron chi connectivity index (χ3n) is 2.11. The number of rotatable bonds is 5. The number of thioether (sulfide) groups is 1. The van der Waals surface area contributed by atoms with Crippen molar-refractivity contribution in [3.05, 3.63) is 30.1 Å². The number of pyridine rings is 1. The molecule has 0 aromatic carbocycles. The molecule has 5 heteroatoms.